The van der Waals surface area contributed by atoms with Crippen LogP contribution in [0.1, 0.15) is 12.2 Å². The fraction of sp³-hybridized carbons (Fsp3) is 0.158. The smallest absolute Gasteiger partial charge is 0.238 e. The molecule has 0 radical (unpaired) electrons. The molecule has 0 aliphatic rings. The summed E-state index contributed by atoms with van der Waals surface area (Å²) < 4.78 is 35.5. The Labute approximate surface area is 188 Å². The molecule has 0 unspecified atom stereocenters. The van der Waals surface area contributed by atoms with Crippen molar-refractivity contribution in [2.75, 3.05) is 22.1 Å². The number of carbonyl (C=O) groups excluding carboxylic acids is 1. The summed E-state index contributed by atoms with van der Waals surface area (Å²) in [7, 11) is -3.78. The summed E-state index contributed by atoms with van der Waals surface area (Å²) >= 11 is 1.43. The van der Waals surface area contributed by atoms with Gasteiger partial charge in [-0.1, -0.05) is 0 Å². The van der Waals surface area contributed by atoms with Crippen LogP contribution >= 0.6 is 11.8 Å². The molecular formula is C19H20FN7O3S2. The van der Waals surface area contributed by atoms with Crippen LogP contribution in [0.15, 0.2) is 53.4 Å². The standard InChI is InChI=1S/C19H20FN7O3S2/c20-12-1-3-14(4-2-12)24-19-26-16(25-18(21)27-19)11-31-10-9-17(28)23-13-5-7-15(8-6-13)32(22,29)30/h1-8H,9-11H2,(H,23,28)(H2,22,29,30)(H3,21,24,25,26,27). The molecule has 0 spiro atoms. The van der Waals surface area contributed by atoms with Gasteiger partial charge >= 0.3 is 0 Å². The number of nitrogens with one attached hydrogen (secondary N) is 2. The minimum absolute atomic E-state index is 0.0315. The van der Waals surface area contributed by atoms with Crippen molar-refractivity contribution in [3.63, 3.8) is 0 Å². The van der Waals surface area contributed by atoms with Gasteiger partial charge < -0.3 is 16.4 Å². The van der Waals surface area contributed by atoms with Gasteiger partial charge in [-0.25, -0.2) is 17.9 Å². The average Bonchev–Trinajstić information content (AvgIpc) is 2.72. The van der Waals surface area contributed by atoms with Crippen molar-refractivity contribution in [2.24, 2.45) is 5.14 Å². The van der Waals surface area contributed by atoms with Crippen LogP contribution in [-0.2, 0) is 20.6 Å². The number of nitrogen functional groups attached to an aromatic ring is 1. The summed E-state index contributed by atoms with van der Waals surface area (Å²) in [5, 5.41) is 10.7. The van der Waals surface area contributed by atoms with Crippen LogP contribution in [-0.4, -0.2) is 35.0 Å². The largest absolute Gasteiger partial charge is 0.368 e. The first-order valence-corrected chi connectivity index (χ1v) is 11.9. The number of hydrogen-bond donors (Lipinski definition) is 4. The SMILES string of the molecule is Nc1nc(CSCCC(=O)Nc2ccc(S(N)(=O)=O)cc2)nc(Nc2ccc(F)cc2)n1. The van der Waals surface area contributed by atoms with Crippen molar-refractivity contribution in [3.05, 3.63) is 60.2 Å². The zero-order chi connectivity index (χ0) is 23.1. The lowest BCUT2D eigenvalue weighted by Crippen LogP contribution is -2.14. The molecule has 0 atom stereocenters. The molecular weight excluding hydrogens is 457 g/mol. The number of rotatable bonds is 9. The number of amides is 1. The second kappa shape index (κ2) is 10.3. The monoisotopic (exact) mass is 477 g/mol. The van der Waals surface area contributed by atoms with Crippen LogP contribution in [0.2, 0.25) is 0 Å². The van der Waals surface area contributed by atoms with E-state index in [2.05, 4.69) is 25.6 Å². The van der Waals surface area contributed by atoms with Crippen LogP contribution in [0.4, 0.5) is 27.7 Å². The van der Waals surface area contributed by atoms with Crippen molar-refractivity contribution < 1.29 is 17.6 Å². The van der Waals surface area contributed by atoms with Gasteiger partial charge in [-0.3, -0.25) is 4.79 Å². The van der Waals surface area contributed by atoms with Crippen molar-refractivity contribution in [2.45, 2.75) is 17.1 Å². The number of carbonyl (C=O) groups is 1. The number of hydrogen-bond acceptors (Lipinski definition) is 9. The molecule has 0 aliphatic carbocycles. The molecule has 32 heavy (non-hydrogen) atoms. The van der Waals surface area contributed by atoms with E-state index in [4.69, 9.17) is 10.9 Å². The Kier molecular flexibility index (Phi) is 7.56. The molecule has 10 nitrogen and oxygen atoms in total. The number of nitrogens with zero attached hydrogens (tertiary/aromatic N) is 3. The number of halogens is 1. The second-order valence-electron chi connectivity index (χ2n) is 6.49. The zero-order valence-electron chi connectivity index (χ0n) is 16.7. The maximum atomic E-state index is 13.0. The van der Waals surface area contributed by atoms with Gasteiger partial charge in [0, 0.05) is 23.5 Å². The van der Waals surface area contributed by atoms with Gasteiger partial charge in [-0.15, -0.1) is 0 Å². The molecule has 1 heterocycles. The first kappa shape index (κ1) is 23.4. The second-order valence-corrected chi connectivity index (χ2v) is 9.15. The topological polar surface area (TPSA) is 166 Å². The molecule has 3 rings (SSSR count). The Hall–Kier alpha value is -3.29. The fourth-order valence-corrected chi connectivity index (χ4v) is 3.80. The van der Waals surface area contributed by atoms with Crippen molar-refractivity contribution in [3.8, 4) is 0 Å². The molecule has 0 saturated heterocycles. The number of sulfonamides is 1. The molecule has 6 N–H and O–H groups in total. The van der Waals surface area contributed by atoms with Crippen LogP contribution in [0.5, 0.6) is 0 Å². The predicted molar refractivity (Wildman–Crippen MR) is 121 cm³/mol. The molecule has 0 bridgehead atoms. The van der Waals surface area contributed by atoms with Gasteiger partial charge in [-0.2, -0.15) is 26.7 Å². The maximum absolute atomic E-state index is 13.0. The van der Waals surface area contributed by atoms with E-state index in [-0.39, 0.29) is 34.9 Å². The highest BCUT2D eigenvalue weighted by Crippen LogP contribution is 2.17. The molecule has 0 aliphatic heterocycles. The zero-order valence-corrected chi connectivity index (χ0v) is 18.3. The number of aromatic nitrogens is 3. The molecule has 1 amide bonds. The summed E-state index contributed by atoms with van der Waals surface area (Å²) in [6.07, 6.45) is 0.225. The highest BCUT2D eigenvalue weighted by molar-refractivity contribution is 7.98. The summed E-state index contributed by atoms with van der Waals surface area (Å²) in [5.41, 5.74) is 6.80. The van der Waals surface area contributed by atoms with E-state index in [1.807, 2.05) is 0 Å². The number of benzene rings is 2. The number of nitrogens with two attached hydrogens (primary N) is 2. The Balaban J connectivity index is 1.47. The number of thioether (sulfide) groups is 1. The third kappa shape index (κ3) is 7.14. The number of anilines is 4. The van der Waals surface area contributed by atoms with Crippen LogP contribution in [0, 0.1) is 5.82 Å². The normalized spacial score (nSPS) is 11.2. The molecule has 0 fully saturated rings. The van der Waals surface area contributed by atoms with E-state index < -0.39 is 10.0 Å². The van der Waals surface area contributed by atoms with Crippen molar-refractivity contribution in [1.82, 2.24) is 15.0 Å². The quantitative estimate of drug-likeness (QED) is 0.338. The third-order valence-corrected chi connectivity index (χ3v) is 5.85. The number of primary sulfonamides is 1. The van der Waals surface area contributed by atoms with Crippen LogP contribution < -0.4 is 21.5 Å². The first-order valence-electron chi connectivity index (χ1n) is 9.22. The van der Waals surface area contributed by atoms with Gasteiger partial charge in [-0.05, 0) is 48.5 Å². The van der Waals surface area contributed by atoms with Crippen molar-refractivity contribution >= 4 is 51.0 Å². The Morgan fingerprint density at radius 2 is 1.66 bits per heavy atom. The highest BCUT2D eigenvalue weighted by Gasteiger charge is 2.09. The first-order chi connectivity index (χ1) is 15.2. The van der Waals surface area contributed by atoms with E-state index in [1.54, 1.807) is 12.1 Å². The summed E-state index contributed by atoms with van der Waals surface area (Å²) in [6, 6.07) is 11.3. The highest BCUT2D eigenvalue weighted by atomic mass is 32.2. The summed E-state index contributed by atoms with van der Waals surface area (Å²) in [6.45, 7) is 0. The lowest BCUT2D eigenvalue weighted by Gasteiger charge is -2.08. The molecule has 168 valence electrons. The Morgan fingerprint density at radius 3 is 2.31 bits per heavy atom. The van der Waals surface area contributed by atoms with E-state index in [0.717, 1.165) is 0 Å². The van der Waals surface area contributed by atoms with Gasteiger partial charge in [0.2, 0.25) is 27.8 Å². The minimum atomic E-state index is -3.78. The molecule has 1 aromatic heterocycles. The maximum Gasteiger partial charge on any atom is 0.238 e. The average molecular weight is 478 g/mol. The molecule has 13 heteroatoms. The van der Waals surface area contributed by atoms with Crippen LogP contribution in [0.3, 0.4) is 0 Å². The van der Waals surface area contributed by atoms with E-state index in [0.29, 0.717) is 28.7 Å². The fourth-order valence-electron chi connectivity index (χ4n) is 2.50. The van der Waals surface area contributed by atoms with E-state index >= 15 is 0 Å². The molecule has 0 saturated carbocycles. The van der Waals surface area contributed by atoms with Crippen molar-refractivity contribution in [1.29, 1.82) is 0 Å². The summed E-state index contributed by atoms with van der Waals surface area (Å²) in [4.78, 5) is 24.4. The predicted octanol–water partition coefficient (Wildman–Crippen LogP) is 2.25. The van der Waals surface area contributed by atoms with Crippen LogP contribution in [0.25, 0.3) is 0 Å². The third-order valence-electron chi connectivity index (χ3n) is 3.97. The Bertz CT molecular complexity index is 1190. The summed E-state index contributed by atoms with van der Waals surface area (Å²) in [5.74, 6) is 1.03. The minimum Gasteiger partial charge on any atom is -0.368 e. The van der Waals surface area contributed by atoms with Gasteiger partial charge in [0.25, 0.3) is 0 Å². The lowest BCUT2D eigenvalue weighted by molar-refractivity contribution is -0.115. The lowest BCUT2D eigenvalue weighted by atomic mass is 10.3. The van der Waals surface area contributed by atoms with Gasteiger partial charge in [0.05, 0.1) is 10.6 Å². The Morgan fingerprint density at radius 1 is 1.00 bits per heavy atom. The molecule has 2 aromatic carbocycles. The van der Waals surface area contributed by atoms with E-state index in [9.17, 15) is 17.6 Å². The van der Waals surface area contributed by atoms with Gasteiger partial charge in [0.15, 0.2) is 0 Å². The van der Waals surface area contributed by atoms with Gasteiger partial charge in [0.1, 0.15) is 11.6 Å². The van der Waals surface area contributed by atoms with E-state index in [1.165, 1.54) is 48.2 Å². The molecule has 3 aromatic rings.